The maximum absolute atomic E-state index is 11.7. The van der Waals surface area contributed by atoms with Crippen molar-refractivity contribution in [3.05, 3.63) is 29.8 Å². The summed E-state index contributed by atoms with van der Waals surface area (Å²) in [4.78, 5) is 22.5. The van der Waals surface area contributed by atoms with E-state index in [-0.39, 0.29) is 6.42 Å². The molecule has 1 rings (SSSR count). The van der Waals surface area contributed by atoms with Crippen LogP contribution in [-0.2, 0) is 11.2 Å². The zero-order chi connectivity index (χ0) is 15.0. The lowest BCUT2D eigenvalue weighted by atomic mass is 10.1. The summed E-state index contributed by atoms with van der Waals surface area (Å²) in [6.07, 6.45) is 7.04. The van der Waals surface area contributed by atoms with Gasteiger partial charge in [0.05, 0.1) is 0 Å². The molecule has 5 nitrogen and oxygen atoms in total. The van der Waals surface area contributed by atoms with Crippen LogP contribution in [0.5, 0.6) is 0 Å². The van der Waals surface area contributed by atoms with Crippen LogP contribution < -0.4 is 10.6 Å². The van der Waals surface area contributed by atoms with Crippen LogP contribution in [0.15, 0.2) is 24.3 Å². The first kappa shape index (κ1) is 15.6. The Hall–Kier alpha value is -2.48. The van der Waals surface area contributed by atoms with Crippen molar-refractivity contribution in [2.75, 3.05) is 5.32 Å². The fraction of sp³-hybridized carbons (Fsp3) is 0.333. The maximum Gasteiger partial charge on any atom is 0.327 e. The summed E-state index contributed by atoms with van der Waals surface area (Å²) in [6, 6.07) is 5.74. The van der Waals surface area contributed by atoms with Crippen molar-refractivity contribution < 1.29 is 14.7 Å². The first-order valence-corrected chi connectivity index (χ1v) is 6.39. The third kappa shape index (κ3) is 5.02. The summed E-state index contributed by atoms with van der Waals surface area (Å²) in [5, 5.41) is 13.8. The Balaban J connectivity index is 2.57. The number of rotatable bonds is 6. The molecule has 1 atom stereocenters. The number of carboxylic acid groups (broad SMARTS) is 1. The number of benzene rings is 1. The Morgan fingerprint density at radius 1 is 1.35 bits per heavy atom. The van der Waals surface area contributed by atoms with Crippen LogP contribution in [0.3, 0.4) is 0 Å². The van der Waals surface area contributed by atoms with Crippen LogP contribution in [0.2, 0.25) is 0 Å². The Morgan fingerprint density at radius 2 is 2.00 bits per heavy atom. The number of aliphatic carboxylic acids is 1. The minimum atomic E-state index is -1.16. The van der Waals surface area contributed by atoms with Gasteiger partial charge in [0.15, 0.2) is 0 Å². The molecular formula is C15H18N2O3. The second-order valence-electron chi connectivity index (χ2n) is 4.34. The van der Waals surface area contributed by atoms with E-state index in [1.165, 1.54) is 5.56 Å². The Labute approximate surface area is 118 Å². The first-order chi connectivity index (χ1) is 9.56. The molecule has 0 saturated heterocycles. The highest BCUT2D eigenvalue weighted by Gasteiger charge is 2.18. The zero-order valence-electron chi connectivity index (χ0n) is 11.3. The van der Waals surface area contributed by atoms with E-state index < -0.39 is 18.0 Å². The van der Waals surface area contributed by atoms with Crippen molar-refractivity contribution in [2.24, 2.45) is 0 Å². The summed E-state index contributed by atoms with van der Waals surface area (Å²) in [6.45, 7) is 2.09. The maximum atomic E-state index is 11.7. The number of terminal acetylenes is 1. The summed E-state index contributed by atoms with van der Waals surface area (Å²) < 4.78 is 0. The van der Waals surface area contributed by atoms with Crippen molar-refractivity contribution in [1.82, 2.24) is 5.32 Å². The molecule has 0 heterocycles. The van der Waals surface area contributed by atoms with Gasteiger partial charge in [-0.15, -0.1) is 12.3 Å². The molecule has 1 unspecified atom stereocenters. The highest BCUT2D eigenvalue weighted by molar-refractivity contribution is 5.92. The number of carbonyl (C=O) groups is 2. The molecule has 0 spiro atoms. The molecule has 0 fully saturated rings. The molecule has 3 N–H and O–H groups in total. The van der Waals surface area contributed by atoms with Gasteiger partial charge in [-0.1, -0.05) is 25.5 Å². The number of hydrogen-bond donors (Lipinski definition) is 3. The number of carboxylic acids is 1. The molecule has 106 valence electrons. The largest absolute Gasteiger partial charge is 0.480 e. The summed E-state index contributed by atoms with van der Waals surface area (Å²) in [7, 11) is 0. The van der Waals surface area contributed by atoms with Crippen molar-refractivity contribution in [3.63, 3.8) is 0 Å². The molecule has 2 amide bonds. The van der Waals surface area contributed by atoms with Gasteiger partial charge < -0.3 is 15.7 Å². The lowest BCUT2D eigenvalue weighted by molar-refractivity contribution is -0.139. The van der Waals surface area contributed by atoms with Crippen molar-refractivity contribution in [1.29, 1.82) is 0 Å². The molecule has 1 aromatic rings. The minimum absolute atomic E-state index is 0.0574. The van der Waals surface area contributed by atoms with Crippen LogP contribution in [-0.4, -0.2) is 23.1 Å². The van der Waals surface area contributed by atoms with E-state index in [9.17, 15) is 9.59 Å². The number of aryl methyl sites for hydroxylation is 1. The van der Waals surface area contributed by atoms with Crippen LogP contribution in [0.1, 0.15) is 25.3 Å². The number of amides is 2. The van der Waals surface area contributed by atoms with Crippen LogP contribution >= 0.6 is 0 Å². The van der Waals surface area contributed by atoms with E-state index in [1.54, 1.807) is 12.1 Å². The average Bonchev–Trinajstić information content (AvgIpc) is 2.40. The highest BCUT2D eigenvalue weighted by atomic mass is 16.4. The molecule has 1 aromatic carbocycles. The standard InChI is InChI=1S/C15H18N2O3/c1-3-5-11-7-9-12(10-8-11)16-15(20)17-13(6-4-2)14(18)19/h2,7-10,13H,3,5-6H2,1H3,(H,18,19)(H2,16,17,20). The lowest BCUT2D eigenvalue weighted by Gasteiger charge is -2.13. The molecule has 0 saturated carbocycles. The summed E-state index contributed by atoms with van der Waals surface area (Å²) >= 11 is 0. The molecule has 0 aliphatic carbocycles. The normalized spacial score (nSPS) is 11.2. The Bertz CT molecular complexity index is 503. The Morgan fingerprint density at radius 3 is 2.50 bits per heavy atom. The van der Waals surface area contributed by atoms with Gasteiger partial charge in [-0.25, -0.2) is 9.59 Å². The molecule has 20 heavy (non-hydrogen) atoms. The second kappa shape index (κ2) is 7.85. The van der Waals surface area contributed by atoms with Gasteiger partial charge in [0.25, 0.3) is 0 Å². The molecule has 5 heteroatoms. The quantitative estimate of drug-likeness (QED) is 0.696. The fourth-order valence-electron chi connectivity index (χ4n) is 1.69. The number of urea groups is 1. The van der Waals surface area contributed by atoms with Crippen LogP contribution in [0, 0.1) is 12.3 Å². The molecule has 0 aliphatic heterocycles. The van der Waals surface area contributed by atoms with Gasteiger partial charge >= 0.3 is 12.0 Å². The smallest absolute Gasteiger partial charge is 0.327 e. The van der Waals surface area contributed by atoms with Gasteiger partial charge in [-0.2, -0.15) is 0 Å². The number of anilines is 1. The molecule has 0 bridgehead atoms. The third-order valence-corrected chi connectivity index (χ3v) is 2.68. The molecule has 0 radical (unpaired) electrons. The number of nitrogens with one attached hydrogen (secondary N) is 2. The number of carbonyl (C=O) groups excluding carboxylic acids is 1. The average molecular weight is 274 g/mol. The SMILES string of the molecule is C#CCC(NC(=O)Nc1ccc(CCC)cc1)C(=O)O. The van der Waals surface area contributed by atoms with Gasteiger partial charge in [-0.05, 0) is 24.1 Å². The third-order valence-electron chi connectivity index (χ3n) is 2.68. The minimum Gasteiger partial charge on any atom is -0.480 e. The summed E-state index contributed by atoms with van der Waals surface area (Å²) in [5.41, 5.74) is 1.79. The topological polar surface area (TPSA) is 78.4 Å². The van der Waals surface area contributed by atoms with Crippen LogP contribution in [0.4, 0.5) is 10.5 Å². The van der Waals surface area contributed by atoms with Crippen molar-refractivity contribution >= 4 is 17.7 Å². The zero-order valence-corrected chi connectivity index (χ0v) is 11.3. The summed E-state index contributed by atoms with van der Waals surface area (Å²) in [5.74, 6) is 1.06. The Kier molecular flexibility index (Phi) is 6.11. The van der Waals surface area contributed by atoms with E-state index in [0.29, 0.717) is 5.69 Å². The van der Waals surface area contributed by atoms with Gasteiger partial charge in [0, 0.05) is 12.1 Å². The van der Waals surface area contributed by atoms with Gasteiger partial charge in [0.2, 0.25) is 0 Å². The van der Waals surface area contributed by atoms with Gasteiger partial charge in [0.1, 0.15) is 6.04 Å². The van der Waals surface area contributed by atoms with Gasteiger partial charge in [-0.3, -0.25) is 0 Å². The highest BCUT2D eigenvalue weighted by Crippen LogP contribution is 2.11. The molecule has 0 aliphatic rings. The van der Waals surface area contributed by atoms with E-state index in [0.717, 1.165) is 12.8 Å². The van der Waals surface area contributed by atoms with Crippen LogP contribution in [0.25, 0.3) is 0 Å². The monoisotopic (exact) mass is 274 g/mol. The van der Waals surface area contributed by atoms with E-state index >= 15 is 0 Å². The fourth-order valence-corrected chi connectivity index (χ4v) is 1.69. The predicted molar refractivity (Wildman–Crippen MR) is 77.5 cm³/mol. The van der Waals surface area contributed by atoms with Crippen molar-refractivity contribution in [2.45, 2.75) is 32.2 Å². The predicted octanol–water partition coefficient (Wildman–Crippen LogP) is 2.24. The second-order valence-corrected chi connectivity index (χ2v) is 4.34. The first-order valence-electron chi connectivity index (χ1n) is 6.39. The van der Waals surface area contributed by atoms with E-state index in [4.69, 9.17) is 11.5 Å². The molecule has 0 aromatic heterocycles. The number of hydrogen-bond acceptors (Lipinski definition) is 2. The lowest BCUT2D eigenvalue weighted by Crippen LogP contribution is -2.42. The molecular weight excluding hydrogens is 256 g/mol. The van der Waals surface area contributed by atoms with Crippen molar-refractivity contribution in [3.8, 4) is 12.3 Å². The van der Waals surface area contributed by atoms with E-state index in [2.05, 4.69) is 23.5 Å². The van der Waals surface area contributed by atoms with E-state index in [1.807, 2.05) is 12.1 Å².